The molecule has 13 heavy (non-hydrogen) atoms. The SMILES string of the molecule is NC(=O)c1ccc(C(N)=O)c(Br)c1. The van der Waals surface area contributed by atoms with Gasteiger partial charge in [0.1, 0.15) is 0 Å². The van der Waals surface area contributed by atoms with Gasteiger partial charge in [-0.1, -0.05) is 0 Å². The Morgan fingerprint density at radius 3 is 2.15 bits per heavy atom. The third-order valence-electron chi connectivity index (χ3n) is 1.52. The van der Waals surface area contributed by atoms with E-state index in [0.717, 1.165) is 0 Å². The molecule has 0 bridgehead atoms. The fraction of sp³-hybridized carbons (Fsp3) is 0. The molecular formula is C8H7BrN2O2. The van der Waals surface area contributed by atoms with Crippen molar-refractivity contribution in [3.8, 4) is 0 Å². The standard InChI is InChI=1S/C8H7BrN2O2/c9-6-3-4(7(10)12)1-2-5(6)8(11)13/h1-3H,(H2,10,12)(H2,11,13). The van der Waals surface area contributed by atoms with Gasteiger partial charge in [0.05, 0.1) is 5.56 Å². The van der Waals surface area contributed by atoms with Gasteiger partial charge in [0.25, 0.3) is 0 Å². The van der Waals surface area contributed by atoms with E-state index in [1.165, 1.54) is 18.2 Å². The van der Waals surface area contributed by atoms with Crippen LogP contribution in [0.15, 0.2) is 22.7 Å². The minimum Gasteiger partial charge on any atom is -0.366 e. The third kappa shape index (κ3) is 2.06. The number of benzene rings is 1. The Labute approximate surface area is 83.0 Å². The van der Waals surface area contributed by atoms with Crippen LogP contribution in [0, 0.1) is 0 Å². The molecule has 0 aliphatic carbocycles. The molecule has 0 aliphatic rings. The van der Waals surface area contributed by atoms with Gasteiger partial charge in [-0.05, 0) is 34.1 Å². The zero-order valence-corrected chi connectivity index (χ0v) is 8.17. The molecule has 0 spiro atoms. The van der Waals surface area contributed by atoms with Gasteiger partial charge in [-0.2, -0.15) is 0 Å². The number of hydrogen-bond donors (Lipinski definition) is 2. The number of rotatable bonds is 2. The summed E-state index contributed by atoms with van der Waals surface area (Å²) >= 11 is 3.11. The number of carbonyl (C=O) groups excluding carboxylic acids is 2. The van der Waals surface area contributed by atoms with Gasteiger partial charge in [0.15, 0.2) is 0 Å². The highest BCUT2D eigenvalue weighted by molar-refractivity contribution is 9.10. The molecule has 0 saturated carbocycles. The van der Waals surface area contributed by atoms with Crippen LogP contribution in [0.5, 0.6) is 0 Å². The van der Waals surface area contributed by atoms with E-state index in [1.807, 2.05) is 0 Å². The lowest BCUT2D eigenvalue weighted by molar-refractivity contribution is 0.0987. The molecule has 1 aromatic carbocycles. The lowest BCUT2D eigenvalue weighted by atomic mass is 10.1. The molecule has 0 saturated heterocycles. The second kappa shape index (κ2) is 3.57. The monoisotopic (exact) mass is 242 g/mol. The van der Waals surface area contributed by atoms with Gasteiger partial charge in [0, 0.05) is 10.0 Å². The molecule has 4 N–H and O–H groups in total. The first-order chi connectivity index (χ1) is 6.02. The molecule has 1 rings (SSSR count). The third-order valence-corrected chi connectivity index (χ3v) is 2.18. The molecule has 0 radical (unpaired) electrons. The molecule has 4 nitrogen and oxygen atoms in total. The minimum absolute atomic E-state index is 0.324. The predicted octanol–water partition coefficient (Wildman–Crippen LogP) is 0.647. The van der Waals surface area contributed by atoms with Crippen molar-refractivity contribution in [3.63, 3.8) is 0 Å². The van der Waals surface area contributed by atoms with E-state index in [2.05, 4.69) is 15.9 Å². The van der Waals surface area contributed by atoms with Crippen molar-refractivity contribution in [2.45, 2.75) is 0 Å². The Morgan fingerprint density at radius 2 is 1.77 bits per heavy atom. The van der Waals surface area contributed by atoms with Gasteiger partial charge in [0.2, 0.25) is 11.8 Å². The zero-order chi connectivity index (χ0) is 10.0. The summed E-state index contributed by atoms with van der Waals surface area (Å²) in [5, 5.41) is 0. The Morgan fingerprint density at radius 1 is 1.15 bits per heavy atom. The topological polar surface area (TPSA) is 86.2 Å². The normalized spacial score (nSPS) is 9.62. The molecule has 1 aromatic rings. The van der Waals surface area contributed by atoms with E-state index in [1.54, 1.807) is 0 Å². The van der Waals surface area contributed by atoms with Crippen molar-refractivity contribution in [2.75, 3.05) is 0 Å². The summed E-state index contributed by atoms with van der Waals surface area (Å²) in [6, 6.07) is 4.36. The van der Waals surface area contributed by atoms with E-state index in [4.69, 9.17) is 11.5 Å². The number of primary amides is 2. The van der Waals surface area contributed by atoms with Crippen LogP contribution in [-0.4, -0.2) is 11.8 Å². The Bertz CT molecular complexity index is 376. The minimum atomic E-state index is -0.553. The number of halogens is 1. The van der Waals surface area contributed by atoms with Crippen LogP contribution >= 0.6 is 15.9 Å². The summed E-state index contributed by atoms with van der Waals surface area (Å²) in [7, 11) is 0. The average Bonchev–Trinajstić information content (AvgIpc) is 2.03. The van der Waals surface area contributed by atoms with Crippen LogP contribution in [0.1, 0.15) is 20.7 Å². The second-order valence-electron chi connectivity index (χ2n) is 2.42. The summed E-state index contributed by atoms with van der Waals surface area (Å²) < 4.78 is 0.469. The van der Waals surface area contributed by atoms with E-state index in [-0.39, 0.29) is 0 Å². The van der Waals surface area contributed by atoms with Gasteiger partial charge in [-0.25, -0.2) is 0 Å². The lowest BCUT2D eigenvalue weighted by Gasteiger charge is -2.01. The molecule has 0 aromatic heterocycles. The van der Waals surface area contributed by atoms with Crippen LogP contribution < -0.4 is 11.5 Å². The van der Waals surface area contributed by atoms with Gasteiger partial charge in [-0.15, -0.1) is 0 Å². The smallest absolute Gasteiger partial charge is 0.249 e. The summed E-state index contributed by atoms with van der Waals surface area (Å²) in [6.07, 6.45) is 0. The van der Waals surface area contributed by atoms with Crippen molar-refractivity contribution in [2.24, 2.45) is 11.5 Å². The Kier molecular flexibility index (Phi) is 2.67. The highest BCUT2D eigenvalue weighted by atomic mass is 79.9. The molecule has 0 atom stereocenters. The Balaban J connectivity index is 3.20. The summed E-state index contributed by atoms with van der Waals surface area (Å²) in [6.45, 7) is 0. The Hall–Kier alpha value is -1.36. The molecule has 0 unspecified atom stereocenters. The highest BCUT2D eigenvalue weighted by Crippen LogP contribution is 2.17. The first-order valence-corrected chi connectivity index (χ1v) is 4.21. The molecule has 5 heteroatoms. The second-order valence-corrected chi connectivity index (χ2v) is 3.28. The first-order valence-electron chi connectivity index (χ1n) is 3.41. The van der Waals surface area contributed by atoms with Crippen molar-refractivity contribution < 1.29 is 9.59 Å². The fourth-order valence-electron chi connectivity index (χ4n) is 0.868. The van der Waals surface area contributed by atoms with Crippen molar-refractivity contribution in [3.05, 3.63) is 33.8 Å². The van der Waals surface area contributed by atoms with Gasteiger partial charge < -0.3 is 11.5 Å². The maximum Gasteiger partial charge on any atom is 0.249 e. The van der Waals surface area contributed by atoms with E-state index < -0.39 is 11.8 Å². The number of nitrogens with two attached hydrogens (primary N) is 2. The summed E-state index contributed by atoms with van der Waals surface area (Å²) in [5.74, 6) is -1.10. The van der Waals surface area contributed by atoms with Crippen LogP contribution in [0.4, 0.5) is 0 Å². The molecular weight excluding hydrogens is 236 g/mol. The molecule has 68 valence electrons. The van der Waals surface area contributed by atoms with Crippen LogP contribution in [0.3, 0.4) is 0 Å². The molecule has 0 aliphatic heterocycles. The van der Waals surface area contributed by atoms with E-state index >= 15 is 0 Å². The summed E-state index contributed by atoms with van der Waals surface area (Å²) in [5.41, 5.74) is 10.7. The first kappa shape index (κ1) is 9.73. The average molecular weight is 243 g/mol. The van der Waals surface area contributed by atoms with Crippen molar-refractivity contribution in [1.29, 1.82) is 0 Å². The van der Waals surface area contributed by atoms with Gasteiger partial charge >= 0.3 is 0 Å². The van der Waals surface area contributed by atoms with Crippen LogP contribution in [0.25, 0.3) is 0 Å². The maximum absolute atomic E-state index is 10.8. The maximum atomic E-state index is 10.8. The predicted molar refractivity (Wildman–Crippen MR) is 51.2 cm³/mol. The molecule has 0 fully saturated rings. The molecule has 2 amide bonds. The highest BCUT2D eigenvalue weighted by Gasteiger charge is 2.08. The van der Waals surface area contributed by atoms with Crippen LogP contribution in [-0.2, 0) is 0 Å². The zero-order valence-electron chi connectivity index (χ0n) is 6.58. The number of carbonyl (C=O) groups is 2. The van der Waals surface area contributed by atoms with E-state index in [9.17, 15) is 9.59 Å². The lowest BCUT2D eigenvalue weighted by Crippen LogP contribution is -2.14. The largest absolute Gasteiger partial charge is 0.366 e. The number of hydrogen-bond acceptors (Lipinski definition) is 2. The van der Waals surface area contributed by atoms with Crippen molar-refractivity contribution in [1.82, 2.24) is 0 Å². The molecule has 0 heterocycles. The fourth-order valence-corrected chi connectivity index (χ4v) is 1.44. The van der Waals surface area contributed by atoms with Crippen LogP contribution in [0.2, 0.25) is 0 Å². The van der Waals surface area contributed by atoms with Crippen molar-refractivity contribution >= 4 is 27.7 Å². The number of amides is 2. The van der Waals surface area contributed by atoms with E-state index in [0.29, 0.717) is 15.6 Å². The summed E-state index contributed by atoms with van der Waals surface area (Å²) in [4.78, 5) is 21.5. The van der Waals surface area contributed by atoms with Gasteiger partial charge in [-0.3, -0.25) is 9.59 Å². The quantitative estimate of drug-likeness (QED) is 0.798.